The molecule has 3 fully saturated rings. The number of hydrogen-bond acceptors (Lipinski definition) is 9. The van der Waals surface area contributed by atoms with Crippen LogP contribution in [0, 0.1) is 18.3 Å². The summed E-state index contributed by atoms with van der Waals surface area (Å²) in [6.45, 7) is 11.5. The fraction of sp³-hybridized carbons (Fsp3) is 0.639. The van der Waals surface area contributed by atoms with Crippen LogP contribution in [0.3, 0.4) is 0 Å². The molecule has 0 spiro atoms. The molecule has 2 aliphatic carbocycles. The Morgan fingerprint density at radius 3 is 2.41 bits per heavy atom. The van der Waals surface area contributed by atoms with Gasteiger partial charge in [-0.15, -0.1) is 0 Å². The molecule has 0 bridgehead atoms. The Morgan fingerprint density at radius 2 is 1.82 bits per heavy atom. The normalized spacial score (nSPS) is 24.3. The first-order chi connectivity index (χ1) is 23.2. The topological polar surface area (TPSA) is 166 Å². The number of likely N-dealkylation sites (tertiary alicyclic amines) is 1. The van der Waals surface area contributed by atoms with Crippen LogP contribution >= 0.6 is 0 Å². The Bertz CT molecular complexity index is 1580. The molecule has 3 aliphatic rings. The number of carboxylic acids is 1. The number of alkyl carbamates (subject to hydrolysis) is 1. The second kappa shape index (κ2) is 14.3. The predicted molar refractivity (Wildman–Crippen MR) is 181 cm³/mol. The first-order valence-electron chi connectivity index (χ1n) is 17.3. The minimum Gasteiger partial charge on any atom is -0.496 e. The number of nitrogens with one attached hydrogen (secondary N) is 2. The molecule has 1 aliphatic heterocycles. The molecular weight excluding hydrogens is 632 g/mol. The molecule has 5 atom stereocenters. The van der Waals surface area contributed by atoms with Crippen molar-refractivity contribution in [3.8, 4) is 17.4 Å². The van der Waals surface area contributed by atoms with Gasteiger partial charge in [0.2, 0.25) is 17.7 Å². The number of carbonyl (C=O) groups excluding carboxylic acids is 3. The van der Waals surface area contributed by atoms with Crippen molar-refractivity contribution in [1.29, 1.82) is 0 Å². The number of benzene rings is 1. The van der Waals surface area contributed by atoms with E-state index in [1.165, 1.54) is 4.90 Å². The Hall–Kier alpha value is -4.29. The lowest BCUT2D eigenvalue weighted by Crippen LogP contribution is -2.59. The van der Waals surface area contributed by atoms with Crippen LogP contribution in [0.25, 0.3) is 10.9 Å². The molecule has 13 nitrogen and oxygen atoms in total. The monoisotopic (exact) mass is 682 g/mol. The summed E-state index contributed by atoms with van der Waals surface area (Å²) < 4.78 is 23.5. The number of carbonyl (C=O) groups is 4. The van der Waals surface area contributed by atoms with Crippen LogP contribution in [0.2, 0.25) is 0 Å². The van der Waals surface area contributed by atoms with E-state index in [-0.39, 0.29) is 25.0 Å². The van der Waals surface area contributed by atoms with Crippen LogP contribution in [-0.4, -0.2) is 89.0 Å². The van der Waals surface area contributed by atoms with E-state index in [1.54, 1.807) is 13.2 Å². The number of ether oxygens (including phenoxy) is 4. The minimum absolute atomic E-state index is 0.0169. The molecule has 3 amide bonds. The van der Waals surface area contributed by atoms with Crippen molar-refractivity contribution >= 4 is 34.8 Å². The number of amides is 3. The van der Waals surface area contributed by atoms with Gasteiger partial charge in [0.15, 0.2) is 0 Å². The van der Waals surface area contributed by atoms with Gasteiger partial charge in [0, 0.05) is 23.4 Å². The quantitative estimate of drug-likeness (QED) is 0.284. The maximum absolute atomic E-state index is 14.4. The molecule has 2 saturated carbocycles. The van der Waals surface area contributed by atoms with E-state index in [2.05, 4.69) is 15.6 Å². The lowest BCUT2D eigenvalue weighted by atomic mass is 9.85. The lowest BCUT2D eigenvalue weighted by Gasteiger charge is -2.35. The van der Waals surface area contributed by atoms with Crippen LogP contribution in [0.4, 0.5) is 4.79 Å². The summed E-state index contributed by atoms with van der Waals surface area (Å²) in [5.41, 5.74) is -0.705. The van der Waals surface area contributed by atoms with Gasteiger partial charge in [0.05, 0.1) is 25.8 Å². The average Bonchev–Trinajstić information content (AvgIpc) is 3.32. The third kappa shape index (κ3) is 7.50. The van der Waals surface area contributed by atoms with E-state index in [4.69, 9.17) is 18.9 Å². The number of aryl methyl sites for hydroxylation is 1. The second-order valence-electron chi connectivity index (χ2n) is 14.5. The SMILES string of the molecule is CCOc1cc(O[C@@H]2C[C@@H](C(=O)N[C@]3(C(=O)O)C[C@H]3CC)N(C(=O)[C@@H](NC(=O)OC3CCCC3)C(C)(C)C)C2)c2ccc(OC)c(C)c2n1. The maximum Gasteiger partial charge on any atom is 0.408 e. The van der Waals surface area contributed by atoms with Gasteiger partial charge in [-0.3, -0.25) is 9.59 Å². The molecule has 1 aromatic carbocycles. The minimum atomic E-state index is -1.38. The van der Waals surface area contributed by atoms with Gasteiger partial charge < -0.3 is 39.6 Å². The van der Waals surface area contributed by atoms with E-state index in [9.17, 15) is 24.3 Å². The Labute approximate surface area is 287 Å². The lowest BCUT2D eigenvalue weighted by molar-refractivity contribution is -0.146. The summed E-state index contributed by atoms with van der Waals surface area (Å²) >= 11 is 0. The molecule has 49 heavy (non-hydrogen) atoms. The molecule has 268 valence electrons. The van der Waals surface area contributed by atoms with Crippen LogP contribution in [-0.2, 0) is 19.1 Å². The number of hydrogen-bond donors (Lipinski definition) is 3. The van der Waals surface area contributed by atoms with E-state index >= 15 is 0 Å². The summed E-state index contributed by atoms with van der Waals surface area (Å²) in [5, 5.41) is 16.3. The first kappa shape index (κ1) is 36.0. The number of pyridine rings is 1. The fourth-order valence-corrected chi connectivity index (χ4v) is 7.17. The molecular formula is C36H50N4O9. The number of rotatable bonds is 12. The van der Waals surface area contributed by atoms with Crippen molar-refractivity contribution in [2.24, 2.45) is 11.3 Å². The van der Waals surface area contributed by atoms with Gasteiger partial charge in [-0.05, 0) is 69.4 Å². The van der Waals surface area contributed by atoms with Gasteiger partial charge in [-0.2, -0.15) is 0 Å². The number of carboxylic acid groups (broad SMARTS) is 1. The van der Waals surface area contributed by atoms with Crippen molar-refractivity contribution in [1.82, 2.24) is 20.5 Å². The zero-order valence-electron chi connectivity index (χ0n) is 29.6. The van der Waals surface area contributed by atoms with Gasteiger partial charge >= 0.3 is 12.1 Å². The largest absolute Gasteiger partial charge is 0.496 e. The first-order valence-corrected chi connectivity index (χ1v) is 17.3. The molecule has 1 saturated heterocycles. The molecule has 3 N–H and O–H groups in total. The number of methoxy groups -OCH3 is 1. The molecule has 5 rings (SSSR count). The molecule has 13 heteroatoms. The summed E-state index contributed by atoms with van der Waals surface area (Å²) in [5.74, 6) is -0.905. The molecule has 2 heterocycles. The molecule has 0 radical (unpaired) electrons. The smallest absolute Gasteiger partial charge is 0.408 e. The van der Waals surface area contributed by atoms with Crippen LogP contribution in [0.1, 0.15) is 85.1 Å². The Kier molecular flexibility index (Phi) is 10.5. The summed E-state index contributed by atoms with van der Waals surface area (Å²) in [6.07, 6.45) is 2.98. The van der Waals surface area contributed by atoms with Gasteiger partial charge in [-0.25, -0.2) is 14.6 Å². The summed E-state index contributed by atoms with van der Waals surface area (Å²) in [6, 6.07) is 3.26. The third-order valence-electron chi connectivity index (χ3n) is 10.1. The zero-order chi connectivity index (χ0) is 35.7. The van der Waals surface area contributed by atoms with Crippen molar-refractivity contribution in [3.05, 3.63) is 23.8 Å². The molecule has 2 aromatic rings. The third-order valence-corrected chi connectivity index (χ3v) is 10.1. The van der Waals surface area contributed by atoms with Gasteiger partial charge in [-0.1, -0.05) is 34.1 Å². The molecule has 0 unspecified atom stereocenters. The number of aliphatic carboxylic acids is 1. The number of nitrogens with zero attached hydrogens (tertiary/aromatic N) is 2. The second-order valence-corrected chi connectivity index (χ2v) is 14.5. The van der Waals surface area contributed by atoms with E-state index in [0.29, 0.717) is 47.7 Å². The highest BCUT2D eigenvalue weighted by molar-refractivity contribution is 5.96. The highest BCUT2D eigenvalue weighted by atomic mass is 16.6. The van der Waals surface area contributed by atoms with Crippen molar-refractivity contribution in [3.63, 3.8) is 0 Å². The van der Waals surface area contributed by atoms with Crippen LogP contribution in [0.15, 0.2) is 18.2 Å². The Balaban J connectivity index is 1.46. The fourth-order valence-electron chi connectivity index (χ4n) is 7.17. The van der Waals surface area contributed by atoms with Crippen molar-refractivity contribution in [2.45, 2.75) is 116 Å². The zero-order valence-corrected chi connectivity index (χ0v) is 29.6. The summed E-state index contributed by atoms with van der Waals surface area (Å²) in [7, 11) is 1.58. The van der Waals surface area contributed by atoms with Crippen molar-refractivity contribution < 1.29 is 43.2 Å². The van der Waals surface area contributed by atoms with Crippen LogP contribution < -0.4 is 24.8 Å². The van der Waals surface area contributed by atoms with Gasteiger partial charge in [0.1, 0.15) is 41.3 Å². The van der Waals surface area contributed by atoms with Gasteiger partial charge in [0.25, 0.3) is 0 Å². The van der Waals surface area contributed by atoms with E-state index in [0.717, 1.165) is 31.2 Å². The average molecular weight is 683 g/mol. The maximum atomic E-state index is 14.4. The highest BCUT2D eigenvalue weighted by Crippen LogP contribution is 2.46. The highest BCUT2D eigenvalue weighted by Gasteiger charge is 2.61. The number of fused-ring (bicyclic) bond motifs is 1. The van der Waals surface area contributed by atoms with E-state index < -0.39 is 53.0 Å². The van der Waals surface area contributed by atoms with Crippen LogP contribution in [0.5, 0.6) is 17.4 Å². The van der Waals surface area contributed by atoms with E-state index in [1.807, 2.05) is 53.7 Å². The summed E-state index contributed by atoms with van der Waals surface area (Å²) in [4.78, 5) is 59.8. The molecule has 1 aromatic heterocycles. The Morgan fingerprint density at radius 1 is 1.10 bits per heavy atom. The number of aromatic nitrogens is 1. The predicted octanol–water partition coefficient (Wildman–Crippen LogP) is 4.75. The standard InChI is InChI=1S/C36H50N4O9/c1-8-21-18-36(21,33(43)44)39-31(41)25-16-23(48-27-17-28(47-9-2)37-29-20(3)26(46-7)15-14-24(27)29)19-40(25)32(42)30(35(4,5)6)38-34(45)49-22-12-10-11-13-22/h14-15,17,21-23,25,30H,8-13,16,18-19H2,1-7H3,(H,38,45)(H,39,41)(H,43,44)/t21-,23-,25+,30-,36-/m1/s1. The van der Waals surface area contributed by atoms with Crippen molar-refractivity contribution in [2.75, 3.05) is 20.3 Å².